The second kappa shape index (κ2) is 4.93. The van der Waals surface area contributed by atoms with Crippen molar-refractivity contribution < 1.29 is 0 Å². The van der Waals surface area contributed by atoms with Crippen LogP contribution in [0.2, 0.25) is 5.02 Å². The summed E-state index contributed by atoms with van der Waals surface area (Å²) < 4.78 is 0. The van der Waals surface area contributed by atoms with Gasteiger partial charge < -0.3 is 0 Å². The van der Waals surface area contributed by atoms with Crippen molar-refractivity contribution in [2.24, 2.45) is 0 Å². The number of hydrogen-bond donors (Lipinski definition) is 0. The van der Waals surface area contributed by atoms with Crippen molar-refractivity contribution in [3.05, 3.63) is 58.1 Å². The molecule has 0 aliphatic heterocycles. The van der Waals surface area contributed by atoms with Gasteiger partial charge in [-0.05, 0) is 54.7 Å². The summed E-state index contributed by atoms with van der Waals surface area (Å²) in [5.74, 6) is 0. The lowest BCUT2D eigenvalue weighted by atomic mass is 9.95. The van der Waals surface area contributed by atoms with E-state index < -0.39 is 0 Å². The Balaban J connectivity index is 2.58. The molecule has 0 fully saturated rings. The molecule has 0 nitrogen and oxygen atoms in total. The quantitative estimate of drug-likeness (QED) is 0.682. The normalized spacial score (nSPS) is 10.6. The van der Waals surface area contributed by atoms with Gasteiger partial charge in [0.1, 0.15) is 0 Å². The summed E-state index contributed by atoms with van der Waals surface area (Å²) in [6.45, 7) is 6.44. The Morgan fingerprint density at radius 1 is 1.00 bits per heavy atom. The van der Waals surface area contributed by atoms with E-state index in [0.717, 1.165) is 11.4 Å². The van der Waals surface area contributed by atoms with Crippen LogP contribution in [0, 0.1) is 13.8 Å². The van der Waals surface area contributed by atoms with Crippen LogP contribution in [0.15, 0.2) is 36.4 Å². The van der Waals surface area contributed by atoms with Crippen LogP contribution in [0.1, 0.15) is 23.6 Å². The van der Waals surface area contributed by atoms with Gasteiger partial charge in [0.05, 0.1) is 0 Å². The minimum absolute atomic E-state index is 0.822. The van der Waals surface area contributed by atoms with Gasteiger partial charge in [0.15, 0.2) is 0 Å². The maximum atomic E-state index is 6.18. The molecule has 0 heterocycles. The van der Waals surface area contributed by atoms with Crippen LogP contribution in [0.5, 0.6) is 0 Å². The molecule has 0 N–H and O–H groups in total. The van der Waals surface area contributed by atoms with E-state index >= 15 is 0 Å². The number of hydrogen-bond acceptors (Lipinski definition) is 0. The third kappa shape index (κ3) is 2.53. The van der Waals surface area contributed by atoms with Crippen molar-refractivity contribution in [2.75, 3.05) is 0 Å². The van der Waals surface area contributed by atoms with Crippen LogP contribution in [-0.4, -0.2) is 0 Å². The van der Waals surface area contributed by atoms with Crippen LogP contribution in [-0.2, 0) is 6.42 Å². The summed E-state index contributed by atoms with van der Waals surface area (Å²) in [5, 5.41) is 0.822. The van der Waals surface area contributed by atoms with Gasteiger partial charge in [-0.15, -0.1) is 0 Å². The fourth-order valence-electron chi connectivity index (χ4n) is 2.14. The van der Waals surface area contributed by atoms with Gasteiger partial charge in [-0.2, -0.15) is 0 Å². The Bertz CT molecular complexity index is 524. The standard InChI is InChI=1S/C16H17Cl/c1-4-13-9-15(17)10-16(12(13)3)14-7-5-11(2)6-8-14/h5-10H,4H2,1-3H3. The number of benzene rings is 2. The van der Waals surface area contributed by atoms with Crippen LogP contribution in [0.25, 0.3) is 11.1 Å². The highest BCUT2D eigenvalue weighted by Crippen LogP contribution is 2.29. The monoisotopic (exact) mass is 244 g/mol. The van der Waals surface area contributed by atoms with Crippen LogP contribution < -0.4 is 0 Å². The van der Waals surface area contributed by atoms with Crippen LogP contribution >= 0.6 is 11.6 Å². The first kappa shape index (κ1) is 12.2. The molecule has 17 heavy (non-hydrogen) atoms. The molecule has 0 saturated heterocycles. The summed E-state index contributed by atoms with van der Waals surface area (Å²) in [6, 6.07) is 12.7. The number of rotatable bonds is 2. The molecule has 0 unspecified atom stereocenters. The molecule has 2 aromatic carbocycles. The zero-order valence-corrected chi connectivity index (χ0v) is 11.3. The second-order valence-electron chi connectivity index (χ2n) is 4.46. The lowest BCUT2D eigenvalue weighted by Crippen LogP contribution is -1.91. The maximum Gasteiger partial charge on any atom is 0.0415 e. The molecule has 0 aliphatic carbocycles. The van der Waals surface area contributed by atoms with Crippen LogP contribution in [0.4, 0.5) is 0 Å². The Morgan fingerprint density at radius 3 is 2.24 bits per heavy atom. The highest BCUT2D eigenvalue weighted by molar-refractivity contribution is 6.31. The first-order valence-corrected chi connectivity index (χ1v) is 6.35. The first-order valence-electron chi connectivity index (χ1n) is 5.98. The summed E-state index contributed by atoms with van der Waals surface area (Å²) in [5.41, 5.74) is 6.43. The third-order valence-corrected chi connectivity index (χ3v) is 3.44. The van der Waals surface area contributed by atoms with E-state index in [1.54, 1.807) is 0 Å². The van der Waals surface area contributed by atoms with Gasteiger partial charge in [-0.3, -0.25) is 0 Å². The smallest absolute Gasteiger partial charge is 0.0415 e. The molecule has 0 spiro atoms. The maximum absolute atomic E-state index is 6.18. The fourth-order valence-corrected chi connectivity index (χ4v) is 2.38. The minimum atomic E-state index is 0.822. The molecular formula is C16H17Cl. The average molecular weight is 245 g/mol. The Labute approximate surface area is 108 Å². The summed E-state index contributed by atoms with van der Waals surface area (Å²) in [4.78, 5) is 0. The molecule has 0 aliphatic rings. The van der Waals surface area contributed by atoms with Crippen molar-refractivity contribution in [3.63, 3.8) is 0 Å². The Morgan fingerprint density at radius 2 is 1.65 bits per heavy atom. The van der Waals surface area contributed by atoms with Gasteiger partial charge in [0.2, 0.25) is 0 Å². The van der Waals surface area contributed by atoms with E-state index in [0.29, 0.717) is 0 Å². The van der Waals surface area contributed by atoms with Gasteiger partial charge >= 0.3 is 0 Å². The molecule has 0 radical (unpaired) electrons. The largest absolute Gasteiger partial charge is 0.0843 e. The molecule has 0 aromatic heterocycles. The van der Waals surface area contributed by atoms with E-state index in [1.165, 1.54) is 27.8 Å². The molecule has 88 valence electrons. The van der Waals surface area contributed by atoms with E-state index in [2.05, 4.69) is 57.2 Å². The van der Waals surface area contributed by atoms with Gasteiger partial charge in [-0.25, -0.2) is 0 Å². The zero-order valence-electron chi connectivity index (χ0n) is 10.5. The van der Waals surface area contributed by atoms with Crippen molar-refractivity contribution in [2.45, 2.75) is 27.2 Å². The minimum Gasteiger partial charge on any atom is -0.0843 e. The molecule has 0 saturated carbocycles. The number of aryl methyl sites for hydroxylation is 2. The van der Waals surface area contributed by atoms with Gasteiger partial charge in [-0.1, -0.05) is 48.4 Å². The topological polar surface area (TPSA) is 0 Å². The summed E-state index contributed by atoms with van der Waals surface area (Å²) in [7, 11) is 0. The number of halogens is 1. The summed E-state index contributed by atoms with van der Waals surface area (Å²) in [6.07, 6.45) is 1.02. The third-order valence-electron chi connectivity index (χ3n) is 3.22. The average Bonchev–Trinajstić information content (AvgIpc) is 2.33. The van der Waals surface area contributed by atoms with E-state index in [-0.39, 0.29) is 0 Å². The molecule has 0 amide bonds. The van der Waals surface area contributed by atoms with E-state index in [1.807, 2.05) is 0 Å². The van der Waals surface area contributed by atoms with E-state index in [9.17, 15) is 0 Å². The molecule has 1 heteroatoms. The van der Waals surface area contributed by atoms with Crippen molar-refractivity contribution >= 4 is 11.6 Å². The van der Waals surface area contributed by atoms with Crippen molar-refractivity contribution in [3.8, 4) is 11.1 Å². The SMILES string of the molecule is CCc1cc(Cl)cc(-c2ccc(C)cc2)c1C. The van der Waals surface area contributed by atoms with Crippen LogP contribution in [0.3, 0.4) is 0 Å². The molecule has 2 aromatic rings. The Kier molecular flexibility index (Phi) is 3.54. The predicted molar refractivity (Wildman–Crippen MR) is 75.7 cm³/mol. The van der Waals surface area contributed by atoms with Gasteiger partial charge in [0.25, 0.3) is 0 Å². The molecular weight excluding hydrogens is 228 g/mol. The first-order chi connectivity index (χ1) is 8.11. The van der Waals surface area contributed by atoms with Crippen molar-refractivity contribution in [1.29, 1.82) is 0 Å². The van der Waals surface area contributed by atoms with Gasteiger partial charge in [0, 0.05) is 5.02 Å². The zero-order chi connectivity index (χ0) is 12.4. The molecule has 2 rings (SSSR count). The molecule has 0 atom stereocenters. The summed E-state index contributed by atoms with van der Waals surface area (Å²) >= 11 is 6.18. The highest BCUT2D eigenvalue weighted by atomic mass is 35.5. The van der Waals surface area contributed by atoms with E-state index in [4.69, 9.17) is 11.6 Å². The molecule has 0 bridgehead atoms. The van der Waals surface area contributed by atoms with Crippen molar-refractivity contribution in [1.82, 2.24) is 0 Å². The Hall–Kier alpha value is -1.27. The lowest BCUT2D eigenvalue weighted by Gasteiger charge is -2.11. The second-order valence-corrected chi connectivity index (χ2v) is 4.89. The fraction of sp³-hybridized carbons (Fsp3) is 0.250. The highest BCUT2D eigenvalue weighted by Gasteiger charge is 2.07. The predicted octanol–water partition coefficient (Wildman–Crippen LogP) is 5.19. The lowest BCUT2D eigenvalue weighted by molar-refractivity contribution is 1.11.